The van der Waals surface area contributed by atoms with Gasteiger partial charge < -0.3 is 0 Å². The van der Waals surface area contributed by atoms with Crippen LogP contribution >= 0.6 is 11.6 Å². The van der Waals surface area contributed by atoms with Crippen molar-refractivity contribution in [3.63, 3.8) is 0 Å². The summed E-state index contributed by atoms with van der Waals surface area (Å²) in [6, 6.07) is 13.4. The molecule has 5 nitrogen and oxygen atoms in total. The van der Waals surface area contributed by atoms with Crippen molar-refractivity contribution in [1.29, 1.82) is 0 Å². The van der Waals surface area contributed by atoms with Gasteiger partial charge in [0.15, 0.2) is 5.82 Å². The van der Waals surface area contributed by atoms with Crippen molar-refractivity contribution in [3.8, 4) is 11.3 Å². The van der Waals surface area contributed by atoms with Gasteiger partial charge in [-0.1, -0.05) is 23.7 Å². The Labute approximate surface area is 150 Å². The third-order valence-corrected chi connectivity index (χ3v) is 4.80. The van der Waals surface area contributed by atoms with Crippen LogP contribution in [0.1, 0.15) is 12.0 Å². The number of hydrogen-bond donors (Lipinski definition) is 1. The van der Waals surface area contributed by atoms with Crippen LogP contribution in [0.4, 0.5) is 5.82 Å². The van der Waals surface area contributed by atoms with E-state index in [1.165, 1.54) is 0 Å². The Balaban J connectivity index is 1.48. The summed E-state index contributed by atoms with van der Waals surface area (Å²) in [5.41, 5.74) is 3.01. The minimum atomic E-state index is -0.0118. The molecule has 1 fully saturated rings. The molecule has 0 aliphatic carbocycles. The van der Waals surface area contributed by atoms with Crippen LogP contribution in [0.25, 0.3) is 11.3 Å². The lowest BCUT2D eigenvalue weighted by Crippen LogP contribution is -2.28. The number of hydrogen-bond acceptors (Lipinski definition) is 3. The van der Waals surface area contributed by atoms with Gasteiger partial charge in [0.2, 0.25) is 5.91 Å². The van der Waals surface area contributed by atoms with E-state index >= 15 is 0 Å². The molecule has 126 valence electrons. The lowest BCUT2D eigenvalue weighted by molar-refractivity contribution is -0.120. The van der Waals surface area contributed by atoms with Crippen molar-refractivity contribution in [2.75, 3.05) is 11.4 Å². The molecule has 0 saturated carbocycles. The number of anilines is 1. The molecule has 4 rings (SSSR count). The molecule has 1 aliphatic heterocycles. The maximum absolute atomic E-state index is 12.8. The fourth-order valence-electron chi connectivity index (χ4n) is 3.19. The van der Waals surface area contributed by atoms with E-state index in [4.69, 9.17) is 11.6 Å². The highest BCUT2D eigenvalue weighted by atomic mass is 35.5. The number of aromatic nitrogens is 3. The van der Waals surface area contributed by atoms with Gasteiger partial charge in [0.1, 0.15) is 0 Å². The molecule has 3 aromatic rings. The SMILES string of the molecule is O=C1C(Cc2ccc(Cl)cc2)CCN1c1cc(-c2ccncc2)[nH]n1. The number of pyridine rings is 1. The predicted molar refractivity (Wildman–Crippen MR) is 97.4 cm³/mol. The zero-order chi connectivity index (χ0) is 17.2. The van der Waals surface area contributed by atoms with Gasteiger partial charge in [-0.05, 0) is 42.7 Å². The van der Waals surface area contributed by atoms with Crippen LogP contribution in [-0.2, 0) is 11.2 Å². The second-order valence-electron chi connectivity index (χ2n) is 6.18. The third kappa shape index (κ3) is 3.28. The fourth-order valence-corrected chi connectivity index (χ4v) is 3.32. The Morgan fingerprint density at radius 1 is 1.16 bits per heavy atom. The van der Waals surface area contributed by atoms with E-state index in [-0.39, 0.29) is 11.8 Å². The highest BCUT2D eigenvalue weighted by Crippen LogP contribution is 2.29. The first-order valence-corrected chi connectivity index (χ1v) is 8.60. The summed E-state index contributed by atoms with van der Waals surface area (Å²) >= 11 is 5.92. The number of amides is 1. The number of carbonyl (C=O) groups is 1. The molecule has 1 saturated heterocycles. The first-order valence-electron chi connectivity index (χ1n) is 8.22. The molecule has 1 amide bonds. The second-order valence-corrected chi connectivity index (χ2v) is 6.62. The summed E-state index contributed by atoms with van der Waals surface area (Å²) in [7, 11) is 0. The van der Waals surface area contributed by atoms with Gasteiger partial charge in [-0.15, -0.1) is 0 Å². The Hall–Kier alpha value is -2.66. The summed E-state index contributed by atoms with van der Waals surface area (Å²) in [5, 5.41) is 8.04. The molecule has 0 bridgehead atoms. The molecule has 0 spiro atoms. The minimum Gasteiger partial charge on any atom is -0.295 e. The van der Waals surface area contributed by atoms with Crippen LogP contribution in [0.5, 0.6) is 0 Å². The maximum Gasteiger partial charge on any atom is 0.231 e. The van der Waals surface area contributed by atoms with Crippen molar-refractivity contribution in [1.82, 2.24) is 15.2 Å². The minimum absolute atomic E-state index is 0.0118. The second kappa shape index (κ2) is 6.69. The van der Waals surface area contributed by atoms with Gasteiger partial charge in [-0.3, -0.25) is 19.8 Å². The summed E-state index contributed by atoms with van der Waals surface area (Å²) in [6.07, 6.45) is 5.03. The van der Waals surface area contributed by atoms with Crippen LogP contribution in [-0.4, -0.2) is 27.6 Å². The Morgan fingerprint density at radius 2 is 1.92 bits per heavy atom. The molecule has 6 heteroatoms. The van der Waals surface area contributed by atoms with Crippen LogP contribution in [0.2, 0.25) is 5.02 Å². The molecule has 1 unspecified atom stereocenters. The predicted octanol–water partition coefficient (Wildman–Crippen LogP) is 3.72. The molecule has 3 heterocycles. The molecule has 1 atom stereocenters. The van der Waals surface area contributed by atoms with Gasteiger partial charge >= 0.3 is 0 Å². The number of carbonyl (C=O) groups excluding carboxylic acids is 1. The molecule has 1 N–H and O–H groups in total. The van der Waals surface area contributed by atoms with Crippen molar-refractivity contribution in [2.45, 2.75) is 12.8 Å². The number of nitrogens with zero attached hydrogens (tertiary/aromatic N) is 3. The molecule has 0 radical (unpaired) electrons. The zero-order valence-corrected chi connectivity index (χ0v) is 14.3. The van der Waals surface area contributed by atoms with E-state index in [2.05, 4.69) is 15.2 Å². The van der Waals surface area contributed by atoms with Gasteiger partial charge in [0, 0.05) is 41.5 Å². The number of halogens is 1. The average molecular weight is 353 g/mol. The van der Waals surface area contributed by atoms with E-state index in [1.54, 1.807) is 17.3 Å². The van der Waals surface area contributed by atoms with Gasteiger partial charge in [-0.2, -0.15) is 5.10 Å². The molecular formula is C19H17ClN4O. The topological polar surface area (TPSA) is 61.9 Å². The molecule has 1 aromatic carbocycles. The van der Waals surface area contributed by atoms with E-state index in [0.717, 1.165) is 29.7 Å². The summed E-state index contributed by atoms with van der Waals surface area (Å²) < 4.78 is 0. The quantitative estimate of drug-likeness (QED) is 0.778. The lowest BCUT2D eigenvalue weighted by Gasteiger charge is -2.13. The number of benzene rings is 1. The molecule has 2 aromatic heterocycles. The van der Waals surface area contributed by atoms with Crippen molar-refractivity contribution >= 4 is 23.3 Å². The van der Waals surface area contributed by atoms with E-state index in [9.17, 15) is 4.79 Å². The Kier molecular flexibility index (Phi) is 4.24. The van der Waals surface area contributed by atoms with Gasteiger partial charge in [0.05, 0.1) is 5.69 Å². The van der Waals surface area contributed by atoms with Crippen LogP contribution in [0, 0.1) is 5.92 Å². The smallest absolute Gasteiger partial charge is 0.231 e. The first-order chi connectivity index (χ1) is 12.2. The highest BCUT2D eigenvalue weighted by Gasteiger charge is 2.33. The van der Waals surface area contributed by atoms with Crippen molar-refractivity contribution in [3.05, 3.63) is 65.4 Å². The van der Waals surface area contributed by atoms with Crippen LogP contribution in [0.3, 0.4) is 0 Å². The third-order valence-electron chi connectivity index (χ3n) is 4.54. The fraction of sp³-hybridized carbons (Fsp3) is 0.211. The van der Waals surface area contributed by atoms with Crippen molar-refractivity contribution < 1.29 is 4.79 Å². The average Bonchev–Trinajstić information content (AvgIpc) is 3.25. The number of nitrogens with one attached hydrogen (secondary N) is 1. The number of aromatic amines is 1. The number of rotatable bonds is 4. The normalized spacial score (nSPS) is 17.2. The first kappa shape index (κ1) is 15.8. The van der Waals surface area contributed by atoms with E-state index < -0.39 is 0 Å². The largest absolute Gasteiger partial charge is 0.295 e. The Bertz CT molecular complexity index is 876. The zero-order valence-electron chi connectivity index (χ0n) is 13.5. The van der Waals surface area contributed by atoms with Gasteiger partial charge in [-0.25, -0.2) is 0 Å². The monoisotopic (exact) mass is 352 g/mol. The highest BCUT2D eigenvalue weighted by molar-refractivity contribution is 6.30. The van der Waals surface area contributed by atoms with Crippen LogP contribution < -0.4 is 4.90 Å². The number of H-pyrrole nitrogens is 1. The van der Waals surface area contributed by atoms with Crippen LogP contribution in [0.15, 0.2) is 54.9 Å². The Morgan fingerprint density at radius 3 is 2.68 bits per heavy atom. The molecule has 1 aliphatic rings. The van der Waals surface area contributed by atoms with Gasteiger partial charge in [0.25, 0.3) is 0 Å². The van der Waals surface area contributed by atoms with Crippen molar-refractivity contribution in [2.24, 2.45) is 5.92 Å². The summed E-state index contributed by atoms with van der Waals surface area (Å²) in [4.78, 5) is 18.5. The van der Waals surface area contributed by atoms with E-state index in [0.29, 0.717) is 17.4 Å². The maximum atomic E-state index is 12.8. The molecule has 25 heavy (non-hydrogen) atoms. The summed E-state index contributed by atoms with van der Waals surface area (Å²) in [6.45, 7) is 0.692. The lowest BCUT2D eigenvalue weighted by atomic mass is 9.98. The standard InChI is InChI=1S/C19H17ClN4O/c20-16-3-1-13(2-4-16)11-15-7-10-24(19(15)25)18-12-17(22-23-18)14-5-8-21-9-6-14/h1-6,8-9,12,15H,7,10-11H2,(H,22,23). The van der Waals surface area contributed by atoms with E-state index in [1.807, 2.05) is 42.5 Å². The summed E-state index contributed by atoms with van der Waals surface area (Å²) in [5.74, 6) is 0.792. The molecular weight excluding hydrogens is 336 g/mol.